The minimum Gasteiger partial charge on any atom is -0.335 e. The lowest BCUT2D eigenvalue weighted by molar-refractivity contribution is -0.142. The van der Waals surface area contributed by atoms with Gasteiger partial charge in [-0.3, -0.25) is 9.69 Å². The number of hydrogen-bond acceptors (Lipinski definition) is 3. The summed E-state index contributed by atoms with van der Waals surface area (Å²) in [7, 11) is 0. The largest absolute Gasteiger partial charge is 0.335 e. The molecule has 1 aliphatic carbocycles. The lowest BCUT2D eigenvalue weighted by Gasteiger charge is -2.46. The van der Waals surface area contributed by atoms with Gasteiger partial charge in [-0.2, -0.15) is 0 Å². The molecule has 1 amide bonds. The van der Waals surface area contributed by atoms with Crippen molar-refractivity contribution in [1.82, 2.24) is 15.1 Å². The van der Waals surface area contributed by atoms with Gasteiger partial charge in [0, 0.05) is 32.2 Å². The summed E-state index contributed by atoms with van der Waals surface area (Å²) >= 11 is 0. The lowest BCUT2D eigenvalue weighted by atomic mass is 10.0. The third kappa shape index (κ3) is 2.54. The van der Waals surface area contributed by atoms with E-state index in [9.17, 15) is 4.79 Å². The van der Waals surface area contributed by atoms with Gasteiger partial charge in [0.25, 0.3) is 0 Å². The van der Waals surface area contributed by atoms with E-state index in [1.54, 1.807) is 0 Å². The van der Waals surface area contributed by atoms with E-state index in [1.165, 1.54) is 38.5 Å². The number of hydrogen-bond donors (Lipinski definition) is 1. The highest BCUT2D eigenvalue weighted by molar-refractivity contribution is 5.79. The number of amides is 1. The smallest absolute Gasteiger partial charge is 0.237 e. The Kier molecular flexibility index (Phi) is 3.85. The first kappa shape index (κ1) is 12.4. The Morgan fingerprint density at radius 2 is 1.83 bits per heavy atom. The Balaban J connectivity index is 1.64. The summed E-state index contributed by atoms with van der Waals surface area (Å²) in [5.41, 5.74) is 0. The van der Waals surface area contributed by atoms with Gasteiger partial charge in [-0.25, -0.2) is 0 Å². The summed E-state index contributed by atoms with van der Waals surface area (Å²) in [6.45, 7) is 4.60. The molecule has 0 radical (unpaired) electrons. The molecule has 4 heteroatoms. The van der Waals surface area contributed by atoms with Gasteiger partial charge in [0.2, 0.25) is 5.91 Å². The fourth-order valence-electron chi connectivity index (χ4n) is 3.75. The van der Waals surface area contributed by atoms with Crippen molar-refractivity contribution in [2.45, 2.75) is 50.6 Å². The highest BCUT2D eigenvalue weighted by Crippen LogP contribution is 2.24. The Bertz CT molecular complexity index is 299. The molecular weight excluding hydrogens is 226 g/mol. The normalized spacial score (nSPS) is 32.1. The van der Waals surface area contributed by atoms with Crippen molar-refractivity contribution in [3.63, 3.8) is 0 Å². The van der Waals surface area contributed by atoms with E-state index in [4.69, 9.17) is 0 Å². The van der Waals surface area contributed by atoms with Gasteiger partial charge in [0.1, 0.15) is 0 Å². The highest BCUT2D eigenvalue weighted by atomic mass is 16.2. The number of fused-ring (bicyclic) bond motifs is 1. The summed E-state index contributed by atoms with van der Waals surface area (Å²) in [5.74, 6) is 0.358. The van der Waals surface area contributed by atoms with Crippen molar-refractivity contribution >= 4 is 5.91 Å². The van der Waals surface area contributed by atoms with Crippen molar-refractivity contribution in [2.24, 2.45) is 0 Å². The first-order valence-corrected chi connectivity index (χ1v) is 7.59. The minimum absolute atomic E-state index is 0.358. The fourth-order valence-corrected chi connectivity index (χ4v) is 3.75. The van der Waals surface area contributed by atoms with Crippen LogP contribution in [-0.2, 0) is 4.79 Å². The van der Waals surface area contributed by atoms with Crippen LogP contribution in [0.4, 0.5) is 0 Å². The molecule has 0 aromatic heterocycles. The predicted octanol–water partition coefficient (Wildman–Crippen LogP) is 0.825. The molecule has 1 N–H and O–H groups in total. The molecule has 0 aromatic carbocycles. The molecule has 0 spiro atoms. The van der Waals surface area contributed by atoms with E-state index >= 15 is 0 Å². The summed E-state index contributed by atoms with van der Waals surface area (Å²) in [4.78, 5) is 16.8. The van der Waals surface area contributed by atoms with Gasteiger partial charge >= 0.3 is 0 Å². The molecule has 1 saturated carbocycles. The summed E-state index contributed by atoms with van der Waals surface area (Å²) in [6.07, 6.45) is 8.07. The Labute approximate surface area is 110 Å². The first-order valence-electron chi connectivity index (χ1n) is 7.59. The van der Waals surface area contributed by atoms with Crippen molar-refractivity contribution in [1.29, 1.82) is 0 Å². The van der Waals surface area contributed by atoms with Crippen LogP contribution in [0.25, 0.3) is 0 Å². The van der Waals surface area contributed by atoms with E-state index in [2.05, 4.69) is 15.1 Å². The van der Waals surface area contributed by atoms with Crippen molar-refractivity contribution in [2.75, 3.05) is 32.7 Å². The van der Waals surface area contributed by atoms with E-state index < -0.39 is 0 Å². The zero-order chi connectivity index (χ0) is 12.4. The summed E-state index contributed by atoms with van der Waals surface area (Å²) in [5, 5.41) is 3.42. The average molecular weight is 251 g/mol. The molecule has 18 heavy (non-hydrogen) atoms. The minimum atomic E-state index is 0.358. The van der Waals surface area contributed by atoms with Gasteiger partial charge in [0.05, 0.1) is 12.6 Å². The zero-order valence-electron chi connectivity index (χ0n) is 11.2. The standard InChI is InChI=1S/C14H25N3O/c18-14-11-16(12-5-3-1-2-4-6-12)10-13-9-15-7-8-17(13)14/h12-13,15H,1-11H2. The van der Waals surface area contributed by atoms with Crippen LogP contribution >= 0.6 is 0 Å². The van der Waals surface area contributed by atoms with Crippen LogP contribution in [0.15, 0.2) is 0 Å². The monoisotopic (exact) mass is 251 g/mol. The molecule has 3 aliphatic rings. The predicted molar refractivity (Wildman–Crippen MR) is 71.4 cm³/mol. The van der Waals surface area contributed by atoms with Gasteiger partial charge < -0.3 is 10.2 Å². The molecule has 102 valence electrons. The lowest BCUT2D eigenvalue weighted by Crippen LogP contribution is -2.64. The van der Waals surface area contributed by atoms with Gasteiger partial charge in [-0.1, -0.05) is 25.7 Å². The van der Waals surface area contributed by atoms with Crippen LogP contribution in [0.3, 0.4) is 0 Å². The van der Waals surface area contributed by atoms with E-state index in [0.29, 0.717) is 24.5 Å². The Hall–Kier alpha value is -0.610. The van der Waals surface area contributed by atoms with Gasteiger partial charge in [0.15, 0.2) is 0 Å². The zero-order valence-corrected chi connectivity index (χ0v) is 11.2. The highest BCUT2D eigenvalue weighted by Gasteiger charge is 2.36. The molecule has 2 saturated heterocycles. The van der Waals surface area contributed by atoms with Crippen molar-refractivity contribution in [3.05, 3.63) is 0 Å². The van der Waals surface area contributed by atoms with Crippen LogP contribution in [-0.4, -0.2) is 60.5 Å². The molecule has 0 aromatic rings. The second kappa shape index (κ2) is 5.57. The maximum absolute atomic E-state index is 12.2. The molecule has 4 nitrogen and oxygen atoms in total. The summed E-state index contributed by atoms with van der Waals surface area (Å²) in [6, 6.07) is 1.09. The molecule has 3 fully saturated rings. The average Bonchev–Trinajstić information content (AvgIpc) is 2.67. The van der Waals surface area contributed by atoms with Gasteiger partial charge in [-0.05, 0) is 12.8 Å². The second-order valence-corrected chi connectivity index (χ2v) is 6.02. The fraction of sp³-hybridized carbons (Fsp3) is 0.929. The Morgan fingerprint density at radius 1 is 1.06 bits per heavy atom. The third-order valence-electron chi connectivity index (χ3n) is 4.80. The number of rotatable bonds is 1. The van der Waals surface area contributed by atoms with E-state index in [0.717, 1.165) is 26.2 Å². The third-order valence-corrected chi connectivity index (χ3v) is 4.80. The van der Waals surface area contributed by atoms with Crippen LogP contribution in [0.5, 0.6) is 0 Å². The second-order valence-electron chi connectivity index (χ2n) is 6.02. The van der Waals surface area contributed by atoms with E-state index in [-0.39, 0.29) is 0 Å². The number of nitrogens with one attached hydrogen (secondary N) is 1. The maximum atomic E-state index is 12.2. The number of nitrogens with zero attached hydrogens (tertiary/aromatic N) is 2. The SMILES string of the molecule is O=C1CN(C2CCCCCC2)CC2CNCCN12. The molecule has 2 heterocycles. The van der Waals surface area contributed by atoms with Gasteiger partial charge in [-0.15, -0.1) is 0 Å². The summed E-state index contributed by atoms with van der Waals surface area (Å²) < 4.78 is 0. The van der Waals surface area contributed by atoms with Crippen molar-refractivity contribution in [3.8, 4) is 0 Å². The first-order chi connectivity index (χ1) is 8.84. The quantitative estimate of drug-likeness (QED) is 0.701. The maximum Gasteiger partial charge on any atom is 0.237 e. The Morgan fingerprint density at radius 3 is 2.61 bits per heavy atom. The molecule has 3 rings (SSSR count). The number of piperazine rings is 2. The topological polar surface area (TPSA) is 35.6 Å². The van der Waals surface area contributed by atoms with Crippen molar-refractivity contribution < 1.29 is 4.79 Å². The molecule has 2 aliphatic heterocycles. The number of carbonyl (C=O) groups is 1. The van der Waals surface area contributed by atoms with Crippen LogP contribution in [0, 0.1) is 0 Å². The molecule has 0 bridgehead atoms. The van der Waals surface area contributed by atoms with Crippen LogP contribution in [0.2, 0.25) is 0 Å². The molecule has 1 atom stereocenters. The van der Waals surface area contributed by atoms with Crippen LogP contribution < -0.4 is 5.32 Å². The number of carbonyl (C=O) groups excluding carboxylic acids is 1. The molecule has 1 unspecified atom stereocenters. The molecular formula is C14H25N3O. The van der Waals surface area contributed by atoms with Crippen LogP contribution in [0.1, 0.15) is 38.5 Å². The van der Waals surface area contributed by atoms with E-state index in [1.807, 2.05) is 0 Å².